The molecular weight excluding hydrogens is 335 g/mol. The van der Waals surface area contributed by atoms with E-state index in [-0.39, 0.29) is 5.91 Å². The predicted octanol–water partition coefficient (Wildman–Crippen LogP) is 3.89. The molecule has 0 aliphatic heterocycles. The van der Waals surface area contributed by atoms with Gasteiger partial charge in [-0.2, -0.15) is 5.10 Å². The van der Waals surface area contributed by atoms with E-state index in [0.717, 1.165) is 5.56 Å². The summed E-state index contributed by atoms with van der Waals surface area (Å²) in [6.07, 6.45) is 6.80. The molecule has 0 saturated heterocycles. The van der Waals surface area contributed by atoms with Gasteiger partial charge >= 0.3 is 0 Å². The zero-order valence-corrected chi connectivity index (χ0v) is 13.4. The predicted molar refractivity (Wildman–Crippen MR) is 90.0 cm³/mol. The lowest BCUT2D eigenvalue weighted by atomic mass is 10.2. The van der Waals surface area contributed by atoms with Crippen LogP contribution in [0.4, 0.5) is 5.69 Å². The van der Waals surface area contributed by atoms with Crippen molar-refractivity contribution in [3.8, 4) is 0 Å². The van der Waals surface area contributed by atoms with Gasteiger partial charge in [-0.3, -0.25) is 14.5 Å². The number of aromatic nitrogens is 3. The SMILES string of the molecule is O=C(Nc1cnn(Cc2cccnc2)c1)c1cc(Cl)ccc1Cl. The van der Waals surface area contributed by atoms with Crippen LogP contribution in [0.1, 0.15) is 15.9 Å². The van der Waals surface area contributed by atoms with Crippen LogP contribution < -0.4 is 5.32 Å². The quantitative estimate of drug-likeness (QED) is 0.779. The molecule has 1 aromatic carbocycles. The van der Waals surface area contributed by atoms with Crippen molar-refractivity contribution in [2.75, 3.05) is 5.32 Å². The summed E-state index contributed by atoms with van der Waals surface area (Å²) < 4.78 is 1.71. The highest BCUT2D eigenvalue weighted by atomic mass is 35.5. The van der Waals surface area contributed by atoms with Gasteiger partial charge in [-0.15, -0.1) is 0 Å². The average Bonchev–Trinajstić information content (AvgIpc) is 2.97. The first-order chi connectivity index (χ1) is 11.1. The van der Waals surface area contributed by atoms with Crippen LogP contribution in [0.15, 0.2) is 55.1 Å². The van der Waals surface area contributed by atoms with Crippen molar-refractivity contribution in [1.82, 2.24) is 14.8 Å². The lowest BCUT2D eigenvalue weighted by molar-refractivity contribution is 0.102. The van der Waals surface area contributed by atoms with Crippen LogP contribution in [0.2, 0.25) is 10.0 Å². The third-order valence-electron chi connectivity index (χ3n) is 3.13. The summed E-state index contributed by atoms with van der Waals surface area (Å²) in [6, 6.07) is 8.57. The zero-order valence-electron chi connectivity index (χ0n) is 11.9. The van der Waals surface area contributed by atoms with Gasteiger partial charge in [0.25, 0.3) is 5.91 Å². The smallest absolute Gasteiger partial charge is 0.257 e. The van der Waals surface area contributed by atoms with Gasteiger partial charge < -0.3 is 5.32 Å². The number of benzene rings is 1. The molecular formula is C16H12Cl2N4O. The fourth-order valence-electron chi connectivity index (χ4n) is 2.06. The van der Waals surface area contributed by atoms with E-state index in [1.165, 1.54) is 6.07 Å². The number of halogens is 2. The van der Waals surface area contributed by atoms with Crippen LogP contribution in [0.3, 0.4) is 0 Å². The molecule has 0 atom stereocenters. The average molecular weight is 347 g/mol. The monoisotopic (exact) mass is 346 g/mol. The number of hydrogen-bond acceptors (Lipinski definition) is 3. The third-order valence-corrected chi connectivity index (χ3v) is 3.70. The lowest BCUT2D eigenvalue weighted by Crippen LogP contribution is -2.12. The number of rotatable bonds is 4. The third kappa shape index (κ3) is 3.88. The van der Waals surface area contributed by atoms with Crippen LogP contribution >= 0.6 is 23.2 Å². The summed E-state index contributed by atoms with van der Waals surface area (Å²) in [4.78, 5) is 16.3. The number of carbonyl (C=O) groups excluding carboxylic acids is 1. The van der Waals surface area contributed by atoms with E-state index in [4.69, 9.17) is 23.2 Å². The molecule has 0 spiro atoms. The molecule has 23 heavy (non-hydrogen) atoms. The van der Waals surface area contributed by atoms with Gasteiger partial charge in [-0.25, -0.2) is 0 Å². The van der Waals surface area contributed by atoms with Crippen molar-refractivity contribution in [2.45, 2.75) is 6.54 Å². The highest BCUT2D eigenvalue weighted by Crippen LogP contribution is 2.21. The summed E-state index contributed by atoms with van der Waals surface area (Å²) in [5, 5.41) is 7.76. The topological polar surface area (TPSA) is 59.8 Å². The molecule has 1 N–H and O–H groups in total. The van der Waals surface area contributed by atoms with Gasteiger partial charge in [0.05, 0.1) is 29.0 Å². The summed E-state index contributed by atoms with van der Waals surface area (Å²) in [6.45, 7) is 0.571. The van der Waals surface area contributed by atoms with Gasteiger partial charge in [0.15, 0.2) is 0 Å². The standard InChI is InChI=1S/C16H12Cl2N4O/c17-12-3-4-15(18)14(6-12)16(23)21-13-8-20-22(10-13)9-11-2-1-5-19-7-11/h1-8,10H,9H2,(H,21,23). The Bertz CT molecular complexity index is 833. The number of nitrogens with one attached hydrogen (secondary N) is 1. The number of amides is 1. The van der Waals surface area contributed by atoms with Crippen LogP contribution in [-0.2, 0) is 6.54 Å². The first kappa shape index (κ1) is 15.5. The second-order valence-electron chi connectivity index (χ2n) is 4.87. The Morgan fingerprint density at radius 1 is 1.22 bits per heavy atom. The Morgan fingerprint density at radius 2 is 2.09 bits per heavy atom. The normalized spacial score (nSPS) is 10.5. The fraction of sp³-hybridized carbons (Fsp3) is 0.0625. The van der Waals surface area contributed by atoms with Crippen LogP contribution in [-0.4, -0.2) is 20.7 Å². The highest BCUT2D eigenvalue weighted by molar-refractivity contribution is 6.36. The summed E-state index contributed by atoms with van der Waals surface area (Å²) in [7, 11) is 0. The minimum absolute atomic E-state index is 0.319. The van der Waals surface area contributed by atoms with E-state index in [0.29, 0.717) is 27.8 Å². The summed E-state index contributed by atoms with van der Waals surface area (Å²) in [5.74, 6) is -0.335. The van der Waals surface area contributed by atoms with Crippen molar-refractivity contribution >= 4 is 34.8 Å². The molecule has 3 aromatic rings. The maximum atomic E-state index is 12.3. The number of hydrogen-bond donors (Lipinski definition) is 1. The second-order valence-corrected chi connectivity index (χ2v) is 5.71. The number of carbonyl (C=O) groups is 1. The van der Waals surface area contributed by atoms with E-state index in [9.17, 15) is 4.79 Å². The fourth-order valence-corrected chi connectivity index (χ4v) is 2.44. The number of nitrogens with zero attached hydrogens (tertiary/aromatic N) is 3. The Kier molecular flexibility index (Phi) is 4.60. The molecule has 0 bridgehead atoms. The molecule has 0 aliphatic carbocycles. The molecule has 5 nitrogen and oxygen atoms in total. The second kappa shape index (κ2) is 6.81. The van der Waals surface area contributed by atoms with E-state index in [1.54, 1.807) is 41.6 Å². The molecule has 7 heteroatoms. The number of anilines is 1. The molecule has 0 radical (unpaired) electrons. The highest BCUT2D eigenvalue weighted by Gasteiger charge is 2.12. The van der Waals surface area contributed by atoms with E-state index in [2.05, 4.69) is 15.4 Å². The van der Waals surface area contributed by atoms with Crippen molar-refractivity contribution in [2.24, 2.45) is 0 Å². The molecule has 0 saturated carbocycles. The summed E-state index contributed by atoms with van der Waals surface area (Å²) >= 11 is 11.9. The molecule has 2 aromatic heterocycles. The van der Waals surface area contributed by atoms with E-state index in [1.807, 2.05) is 12.1 Å². The van der Waals surface area contributed by atoms with Crippen LogP contribution in [0.25, 0.3) is 0 Å². The maximum Gasteiger partial charge on any atom is 0.257 e. The lowest BCUT2D eigenvalue weighted by Gasteiger charge is -2.05. The van der Waals surface area contributed by atoms with Crippen LogP contribution in [0, 0.1) is 0 Å². The van der Waals surface area contributed by atoms with Crippen molar-refractivity contribution in [3.05, 3.63) is 76.3 Å². The van der Waals surface area contributed by atoms with E-state index >= 15 is 0 Å². The van der Waals surface area contributed by atoms with E-state index < -0.39 is 0 Å². The molecule has 0 aliphatic rings. The molecule has 0 unspecified atom stereocenters. The van der Waals surface area contributed by atoms with Gasteiger partial charge in [-0.1, -0.05) is 29.3 Å². The Morgan fingerprint density at radius 3 is 2.87 bits per heavy atom. The maximum absolute atomic E-state index is 12.3. The number of pyridine rings is 1. The Balaban J connectivity index is 1.71. The minimum atomic E-state index is -0.335. The van der Waals surface area contributed by atoms with Gasteiger partial charge in [0, 0.05) is 23.6 Å². The molecule has 0 fully saturated rings. The molecule has 3 rings (SSSR count). The first-order valence-corrected chi connectivity index (χ1v) is 7.55. The molecule has 116 valence electrons. The minimum Gasteiger partial charge on any atom is -0.319 e. The van der Waals surface area contributed by atoms with Gasteiger partial charge in [0.2, 0.25) is 0 Å². The summed E-state index contributed by atoms with van der Waals surface area (Å²) in [5.41, 5.74) is 1.92. The van der Waals surface area contributed by atoms with Crippen molar-refractivity contribution in [3.63, 3.8) is 0 Å². The van der Waals surface area contributed by atoms with Crippen LogP contribution in [0.5, 0.6) is 0 Å². The zero-order chi connectivity index (χ0) is 16.2. The largest absolute Gasteiger partial charge is 0.319 e. The molecule has 1 amide bonds. The molecule has 2 heterocycles. The van der Waals surface area contributed by atoms with Crippen molar-refractivity contribution < 1.29 is 4.79 Å². The van der Waals surface area contributed by atoms with Gasteiger partial charge in [-0.05, 0) is 29.8 Å². The van der Waals surface area contributed by atoms with Gasteiger partial charge in [0.1, 0.15) is 0 Å². The first-order valence-electron chi connectivity index (χ1n) is 6.79. The van der Waals surface area contributed by atoms with Crippen molar-refractivity contribution in [1.29, 1.82) is 0 Å². The Hall–Kier alpha value is -2.37. The Labute approximate surface area is 142 Å².